The summed E-state index contributed by atoms with van der Waals surface area (Å²) in [5, 5.41) is 6.94. The summed E-state index contributed by atoms with van der Waals surface area (Å²) in [6, 6.07) is 21.8. The van der Waals surface area contributed by atoms with Crippen LogP contribution in [0.3, 0.4) is 0 Å². The quantitative estimate of drug-likeness (QED) is 0.0330. The molecule has 2 aliphatic heterocycles. The van der Waals surface area contributed by atoms with Gasteiger partial charge in [0, 0.05) is 12.1 Å². The molecule has 3 aromatic carbocycles. The van der Waals surface area contributed by atoms with Crippen LogP contribution < -0.4 is 29.3 Å². The number of hydrogen-bond donors (Lipinski definition) is 0. The van der Waals surface area contributed by atoms with Crippen molar-refractivity contribution in [2.45, 2.75) is 234 Å². The molecule has 2 unspecified atom stereocenters. The molecular weight excluding hydrogens is 913 g/mol. The fraction of sp³-hybridized carbons (Fsp3) is 0.636. The van der Waals surface area contributed by atoms with Gasteiger partial charge in [0.1, 0.15) is 39.1 Å². The summed E-state index contributed by atoms with van der Waals surface area (Å²) in [4.78, 5) is 0. The molecule has 2 heterocycles. The minimum Gasteiger partial charge on any atom is -0.497 e. The first-order valence-corrected chi connectivity index (χ1v) is 34.6. The van der Waals surface area contributed by atoms with Crippen molar-refractivity contribution in [1.29, 1.82) is 0 Å². The van der Waals surface area contributed by atoms with E-state index in [1.165, 1.54) is 158 Å². The molecule has 0 aromatic heterocycles. The summed E-state index contributed by atoms with van der Waals surface area (Å²) < 4.78 is 26.2. The van der Waals surface area contributed by atoms with Crippen LogP contribution in [0.2, 0.25) is 24.2 Å². The van der Waals surface area contributed by atoms with E-state index in [9.17, 15) is 0 Å². The molecule has 5 rings (SSSR count). The number of fused-ring (bicyclic) bond motifs is 4. The van der Waals surface area contributed by atoms with Gasteiger partial charge in [-0.3, -0.25) is 0 Å². The highest BCUT2D eigenvalue weighted by Crippen LogP contribution is 2.56. The second kappa shape index (κ2) is 31.1. The first kappa shape index (κ1) is 59.0. The highest BCUT2D eigenvalue weighted by molar-refractivity contribution is 7.21. The van der Waals surface area contributed by atoms with E-state index in [1.54, 1.807) is 26.3 Å². The van der Waals surface area contributed by atoms with E-state index in [0.29, 0.717) is 25.0 Å². The van der Waals surface area contributed by atoms with E-state index in [4.69, 9.17) is 25.4 Å². The Hall–Kier alpha value is -3.85. The number of terminal acetylenes is 1. The molecule has 0 spiro atoms. The third-order valence-corrected chi connectivity index (χ3v) is 27.7. The van der Waals surface area contributed by atoms with Crippen LogP contribution in [0, 0.1) is 36.0 Å². The Kier molecular flexibility index (Phi) is 25.5. The average Bonchev–Trinajstić information content (AvgIpc) is 3.84. The molecule has 0 aliphatic carbocycles. The third-order valence-electron chi connectivity index (χ3n) is 16.8. The van der Waals surface area contributed by atoms with Crippen molar-refractivity contribution in [3.05, 3.63) is 70.3 Å². The Bertz CT molecular complexity index is 2230. The number of hydrogen-bond acceptors (Lipinski definition) is 4. The van der Waals surface area contributed by atoms with Crippen LogP contribution in [0.1, 0.15) is 237 Å². The molecule has 0 bridgehead atoms. The van der Waals surface area contributed by atoms with Gasteiger partial charge in [-0.1, -0.05) is 220 Å². The Morgan fingerprint density at radius 3 is 1.31 bits per heavy atom. The van der Waals surface area contributed by atoms with Crippen molar-refractivity contribution in [3.8, 4) is 47.2 Å². The minimum absolute atomic E-state index is 0.470. The number of unbranched alkanes of at least 4 members (excludes halogenated alkanes) is 14. The highest BCUT2D eigenvalue weighted by Gasteiger charge is 2.58. The van der Waals surface area contributed by atoms with Crippen LogP contribution in [-0.4, -0.2) is 43.6 Å². The van der Waals surface area contributed by atoms with Gasteiger partial charge in [-0.15, -0.1) is 6.42 Å². The largest absolute Gasteiger partial charge is 0.497 e. The number of rotatable bonds is 36. The van der Waals surface area contributed by atoms with Gasteiger partial charge in [0.2, 0.25) is 0 Å². The highest BCUT2D eigenvalue weighted by atomic mass is 28.3. The van der Waals surface area contributed by atoms with E-state index in [1.807, 2.05) is 20.3 Å². The lowest BCUT2D eigenvalue weighted by atomic mass is 10.00. The standard InChI is InChI=1S/C66H100O4Si2/c1-12-21-27-31-41-71(42-32-28-22-13-2)63-40-39-57(67-10)48-58(63)65-66(71)59-49-60(68-11)56(47-64(59)72(65,43-33-29-23-14-3)44-34-30-24-15-4)38-37-55-46-61(69-50-52(18-7)35-25-16-5)54(20-9)45-62(55)70-51-53(19-8)36-26-17-6/h9,39-40,45-49,52-53H,12-19,21-36,41-44,50-51H2,1-8,10-11H3. The van der Waals surface area contributed by atoms with Crippen LogP contribution >= 0.6 is 0 Å². The molecule has 0 saturated carbocycles. The topological polar surface area (TPSA) is 36.9 Å². The molecule has 396 valence electrons. The number of benzene rings is 3. The Morgan fingerprint density at radius 2 is 0.875 bits per heavy atom. The van der Waals surface area contributed by atoms with Crippen molar-refractivity contribution in [1.82, 2.24) is 0 Å². The molecule has 2 aliphatic rings. The molecule has 0 radical (unpaired) electrons. The van der Waals surface area contributed by atoms with Crippen molar-refractivity contribution < 1.29 is 18.9 Å². The predicted octanol–water partition coefficient (Wildman–Crippen LogP) is 17.9. The molecule has 0 N–H and O–H groups in total. The van der Waals surface area contributed by atoms with Crippen LogP contribution in [0.25, 0.3) is 10.4 Å². The smallest absolute Gasteiger partial charge is 0.136 e. The predicted molar refractivity (Wildman–Crippen MR) is 317 cm³/mol. The monoisotopic (exact) mass is 1010 g/mol. The summed E-state index contributed by atoms with van der Waals surface area (Å²) in [6.07, 6.45) is 36.1. The Morgan fingerprint density at radius 1 is 0.444 bits per heavy atom. The normalized spacial score (nSPS) is 14.7. The molecule has 6 heteroatoms. The van der Waals surface area contributed by atoms with Gasteiger partial charge in [0.05, 0.1) is 44.1 Å². The summed E-state index contributed by atoms with van der Waals surface area (Å²) in [7, 11) is -0.912. The zero-order valence-corrected chi connectivity index (χ0v) is 49.6. The number of ether oxygens (including phenoxy) is 4. The van der Waals surface area contributed by atoms with Gasteiger partial charge in [0.25, 0.3) is 0 Å². The van der Waals surface area contributed by atoms with Gasteiger partial charge in [0.15, 0.2) is 0 Å². The molecule has 0 amide bonds. The molecule has 2 atom stereocenters. The van der Waals surface area contributed by atoms with E-state index < -0.39 is 16.1 Å². The zero-order valence-electron chi connectivity index (χ0n) is 47.6. The van der Waals surface area contributed by atoms with Crippen molar-refractivity contribution in [2.75, 3.05) is 27.4 Å². The fourth-order valence-corrected chi connectivity index (χ4v) is 25.5. The van der Waals surface area contributed by atoms with Crippen molar-refractivity contribution in [3.63, 3.8) is 0 Å². The molecule has 72 heavy (non-hydrogen) atoms. The van der Waals surface area contributed by atoms with E-state index in [0.717, 1.165) is 65.4 Å². The molecule has 0 saturated heterocycles. The minimum atomic E-state index is -2.38. The van der Waals surface area contributed by atoms with Crippen LogP contribution in [-0.2, 0) is 0 Å². The van der Waals surface area contributed by atoms with Gasteiger partial charge in [-0.2, -0.15) is 0 Å². The van der Waals surface area contributed by atoms with Crippen molar-refractivity contribution in [2.24, 2.45) is 11.8 Å². The lowest BCUT2D eigenvalue weighted by Crippen LogP contribution is -2.51. The summed E-state index contributed by atoms with van der Waals surface area (Å²) >= 11 is 0. The lowest BCUT2D eigenvalue weighted by molar-refractivity contribution is 0.227. The second-order valence-electron chi connectivity index (χ2n) is 21.9. The maximum absolute atomic E-state index is 6.79. The van der Waals surface area contributed by atoms with Gasteiger partial charge >= 0.3 is 0 Å². The van der Waals surface area contributed by atoms with Crippen LogP contribution in [0.5, 0.6) is 23.0 Å². The average molecular weight is 1010 g/mol. The SMILES string of the molecule is C#Cc1cc(OCC(CC)CCCC)c(C#Cc2cc3c(cc2OC)C2=C(c4cc(OC)ccc4[Si]2(CCCCCC)CCCCCC)[Si]3(CCCCCC)CCCCCC)cc1OCC(CC)CCCC. The van der Waals surface area contributed by atoms with Gasteiger partial charge < -0.3 is 18.9 Å². The Balaban J connectivity index is 1.79. The van der Waals surface area contributed by atoms with Gasteiger partial charge in [-0.05, 0) is 105 Å². The lowest BCUT2D eigenvalue weighted by Gasteiger charge is -2.35. The van der Waals surface area contributed by atoms with E-state index in [2.05, 4.69) is 110 Å². The molecule has 4 nitrogen and oxygen atoms in total. The maximum Gasteiger partial charge on any atom is 0.136 e. The second-order valence-corrected chi connectivity index (χ2v) is 30.3. The van der Waals surface area contributed by atoms with Crippen LogP contribution in [0.4, 0.5) is 0 Å². The van der Waals surface area contributed by atoms with Crippen molar-refractivity contribution >= 4 is 36.9 Å². The maximum atomic E-state index is 6.79. The third kappa shape index (κ3) is 14.7. The Labute approximate surface area is 444 Å². The van der Waals surface area contributed by atoms with E-state index >= 15 is 0 Å². The summed E-state index contributed by atoms with van der Waals surface area (Å²) in [6.45, 7) is 19.8. The summed E-state index contributed by atoms with van der Waals surface area (Å²) in [5.74, 6) is 14.8. The zero-order chi connectivity index (χ0) is 51.8. The van der Waals surface area contributed by atoms with E-state index in [-0.39, 0.29) is 0 Å². The molecule has 0 fully saturated rings. The summed E-state index contributed by atoms with van der Waals surface area (Å²) in [5.41, 5.74) is 5.63. The molecular formula is C66H100O4Si2. The first-order valence-electron chi connectivity index (χ1n) is 29.8. The molecule has 3 aromatic rings. The van der Waals surface area contributed by atoms with Gasteiger partial charge in [-0.25, -0.2) is 0 Å². The van der Waals surface area contributed by atoms with Crippen LogP contribution in [0.15, 0.2) is 42.5 Å². The first-order chi connectivity index (χ1) is 35.2. The fourth-order valence-electron chi connectivity index (χ4n) is 12.3. The number of methoxy groups -OCH3 is 2.